The van der Waals surface area contributed by atoms with Crippen LogP contribution in [0, 0.1) is 0 Å². The lowest BCUT2D eigenvalue weighted by Crippen LogP contribution is -2.09. The lowest BCUT2D eigenvalue weighted by molar-refractivity contribution is -0.130. The van der Waals surface area contributed by atoms with Gasteiger partial charge in [-0.2, -0.15) is 0 Å². The van der Waals surface area contributed by atoms with Crippen molar-refractivity contribution in [2.75, 3.05) is 12.4 Å². The van der Waals surface area contributed by atoms with Crippen molar-refractivity contribution in [2.45, 2.75) is 13.5 Å². The highest BCUT2D eigenvalue weighted by molar-refractivity contribution is 5.89. The van der Waals surface area contributed by atoms with Gasteiger partial charge in [-0.05, 0) is 48.9 Å². The molecule has 25 heavy (non-hydrogen) atoms. The minimum atomic E-state index is -0.962. The van der Waals surface area contributed by atoms with Crippen LogP contribution in [-0.4, -0.2) is 24.2 Å². The number of esters is 1. The average Bonchev–Trinajstić information content (AvgIpc) is 2.60. The quantitative estimate of drug-likeness (QED) is 0.456. The normalized spacial score (nSPS) is 10.0. The summed E-state index contributed by atoms with van der Waals surface area (Å²) in [6, 6.07) is 11.7. The number of rotatable bonds is 7. The van der Waals surface area contributed by atoms with Crippen LogP contribution in [0.2, 0.25) is 0 Å². The molecule has 0 aliphatic rings. The fourth-order valence-corrected chi connectivity index (χ4v) is 2.03. The molecule has 130 valence electrons. The maximum absolute atomic E-state index is 11.6. The van der Waals surface area contributed by atoms with E-state index in [-0.39, 0.29) is 5.56 Å². The summed E-state index contributed by atoms with van der Waals surface area (Å²) in [5.74, 6) is -0.709. The van der Waals surface area contributed by atoms with Crippen molar-refractivity contribution < 1.29 is 24.2 Å². The van der Waals surface area contributed by atoms with Crippen molar-refractivity contribution in [1.82, 2.24) is 0 Å². The second-order valence-corrected chi connectivity index (χ2v) is 5.39. The van der Waals surface area contributed by atoms with Crippen LogP contribution in [0.4, 0.5) is 5.69 Å². The second-order valence-electron chi connectivity index (χ2n) is 5.39. The van der Waals surface area contributed by atoms with Crippen LogP contribution in [0.25, 0.3) is 0 Å². The van der Waals surface area contributed by atoms with Crippen LogP contribution < -0.4 is 14.8 Å². The summed E-state index contributed by atoms with van der Waals surface area (Å²) < 4.78 is 10.5. The van der Waals surface area contributed by atoms with Crippen molar-refractivity contribution >= 4 is 17.6 Å². The van der Waals surface area contributed by atoms with Gasteiger partial charge in [0.2, 0.25) is 0 Å². The summed E-state index contributed by atoms with van der Waals surface area (Å²) in [5.41, 5.74) is 2.24. The molecular weight excluding hydrogens is 322 g/mol. The molecule has 6 heteroatoms. The van der Waals surface area contributed by atoms with Gasteiger partial charge >= 0.3 is 11.9 Å². The number of benzene rings is 2. The van der Waals surface area contributed by atoms with Gasteiger partial charge in [0.1, 0.15) is 0 Å². The van der Waals surface area contributed by atoms with Crippen LogP contribution in [0.5, 0.6) is 11.5 Å². The SMILES string of the molecule is C=C(C)C(=O)Oc1ccc(CNc2ccc(C(=O)O)cc2)cc1OC. The van der Waals surface area contributed by atoms with Crippen molar-refractivity contribution in [2.24, 2.45) is 0 Å². The third-order valence-corrected chi connectivity index (χ3v) is 3.41. The van der Waals surface area contributed by atoms with E-state index in [2.05, 4.69) is 11.9 Å². The number of hydrogen-bond donors (Lipinski definition) is 2. The zero-order valence-corrected chi connectivity index (χ0v) is 14.0. The molecule has 0 fully saturated rings. The molecule has 0 atom stereocenters. The highest BCUT2D eigenvalue weighted by Crippen LogP contribution is 2.29. The molecular formula is C19H19NO5. The number of carbonyl (C=O) groups is 2. The van der Waals surface area contributed by atoms with Gasteiger partial charge in [-0.1, -0.05) is 12.6 Å². The Balaban J connectivity index is 2.06. The zero-order valence-electron chi connectivity index (χ0n) is 14.0. The Kier molecular flexibility index (Phi) is 5.79. The van der Waals surface area contributed by atoms with E-state index in [4.69, 9.17) is 14.6 Å². The van der Waals surface area contributed by atoms with Crippen molar-refractivity contribution in [1.29, 1.82) is 0 Å². The number of anilines is 1. The molecule has 0 radical (unpaired) electrons. The predicted molar refractivity (Wildman–Crippen MR) is 94.2 cm³/mol. The Morgan fingerprint density at radius 2 is 1.80 bits per heavy atom. The molecule has 0 spiro atoms. The minimum Gasteiger partial charge on any atom is -0.493 e. The van der Waals surface area contributed by atoms with Crippen LogP contribution in [-0.2, 0) is 11.3 Å². The Morgan fingerprint density at radius 1 is 1.12 bits per heavy atom. The average molecular weight is 341 g/mol. The molecule has 2 N–H and O–H groups in total. The van der Waals surface area contributed by atoms with Gasteiger partial charge in [0.05, 0.1) is 12.7 Å². The van der Waals surface area contributed by atoms with Crippen molar-refractivity contribution in [3.63, 3.8) is 0 Å². The highest BCUT2D eigenvalue weighted by Gasteiger charge is 2.11. The number of methoxy groups -OCH3 is 1. The first-order chi connectivity index (χ1) is 11.9. The Morgan fingerprint density at radius 3 is 2.36 bits per heavy atom. The fourth-order valence-electron chi connectivity index (χ4n) is 2.03. The number of carbonyl (C=O) groups excluding carboxylic acids is 1. The van der Waals surface area contributed by atoms with Gasteiger partial charge < -0.3 is 19.9 Å². The molecule has 0 amide bonds. The maximum Gasteiger partial charge on any atom is 0.338 e. The third kappa shape index (κ3) is 4.84. The fraction of sp³-hybridized carbons (Fsp3) is 0.158. The molecule has 0 aliphatic carbocycles. The first-order valence-electron chi connectivity index (χ1n) is 7.52. The van der Waals surface area contributed by atoms with E-state index in [1.165, 1.54) is 19.2 Å². The lowest BCUT2D eigenvalue weighted by atomic mass is 10.1. The molecule has 2 aromatic carbocycles. The predicted octanol–water partition coefficient (Wildman–Crippen LogP) is 3.49. The van der Waals surface area contributed by atoms with Gasteiger partial charge in [0, 0.05) is 17.8 Å². The largest absolute Gasteiger partial charge is 0.493 e. The van der Waals surface area contributed by atoms with Crippen LogP contribution >= 0.6 is 0 Å². The molecule has 6 nitrogen and oxygen atoms in total. The van der Waals surface area contributed by atoms with Crippen molar-refractivity contribution in [3.8, 4) is 11.5 Å². The van der Waals surface area contributed by atoms with Gasteiger partial charge in [-0.15, -0.1) is 0 Å². The smallest absolute Gasteiger partial charge is 0.338 e. The Labute approximate surface area is 145 Å². The summed E-state index contributed by atoms with van der Waals surface area (Å²) in [6.07, 6.45) is 0. The van der Waals surface area contributed by atoms with E-state index in [0.29, 0.717) is 23.6 Å². The van der Waals surface area contributed by atoms with Crippen molar-refractivity contribution in [3.05, 3.63) is 65.7 Å². The molecule has 0 aliphatic heterocycles. The number of nitrogens with one attached hydrogen (secondary N) is 1. The molecule has 0 heterocycles. The summed E-state index contributed by atoms with van der Waals surface area (Å²) in [6.45, 7) is 5.61. The summed E-state index contributed by atoms with van der Waals surface area (Å²) in [4.78, 5) is 22.5. The molecule has 0 unspecified atom stereocenters. The molecule has 0 saturated carbocycles. The lowest BCUT2D eigenvalue weighted by Gasteiger charge is -2.12. The number of hydrogen-bond acceptors (Lipinski definition) is 5. The van der Waals surface area contributed by atoms with Gasteiger partial charge in [-0.3, -0.25) is 0 Å². The van der Waals surface area contributed by atoms with E-state index >= 15 is 0 Å². The molecule has 2 rings (SSSR count). The molecule has 2 aromatic rings. The Bertz CT molecular complexity index is 796. The molecule has 0 aromatic heterocycles. The van der Waals surface area contributed by atoms with Crippen LogP contribution in [0.3, 0.4) is 0 Å². The number of carboxylic acid groups (broad SMARTS) is 1. The summed E-state index contributed by atoms with van der Waals surface area (Å²) in [7, 11) is 1.50. The highest BCUT2D eigenvalue weighted by atomic mass is 16.6. The topological polar surface area (TPSA) is 84.9 Å². The molecule has 0 saturated heterocycles. The van der Waals surface area contributed by atoms with E-state index < -0.39 is 11.9 Å². The van der Waals surface area contributed by atoms with Gasteiger partial charge in [0.15, 0.2) is 11.5 Å². The number of aromatic carboxylic acids is 1. The minimum absolute atomic E-state index is 0.232. The maximum atomic E-state index is 11.6. The summed E-state index contributed by atoms with van der Waals surface area (Å²) in [5, 5.41) is 12.1. The van der Waals surface area contributed by atoms with E-state index in [0.717, 1.165) is 11.3 Å². The summed E-state index contributed by atoms with van der Waals surface area (Å²) >= 11 is 0. The first-order valence-corrected chi connectivity index (χ1v) is 7.52. The third-order valence-electron chi connectivity index (χ3n) is 3.41. The zero-order chi connectivity index (χ0) is 18.4. The van der Waals surface area contributed by atoms with Gasteiger partial charge in [0.25, 0.3) is 0 Å². The van der Waals surface area contributed by atoms with Gasteiger partial charge in [-0.25, -0.2) is 9.59 Å². The first kappa shape index (κ1) is 18.1. The number of carboxylic acids is 1. The van der Waals surface area contributed by atoms with Crippen LogP contribution in [0.1, 0.15) is 22.8 Å². The van der Waals surface area contributed by atoms with E-state index in [1.807, 2.05) is 6.07 Å². The van der Waals surface area contributed by atoms with E-state index in [1.54, 1.807) is 31.2 Å². The number of ether oxygens (including phenoxy) is 2. The van der Waals surface area contributed by atoms with Crippen LogP contribution in [0.15, 0.2) is 54.6 Å². The standard InChI is InChI=1S/C19H19NO5/c1-12(2)19(23)25-16-9-4-13(10-17(16)24-3)11-20-15-7-5-14(6-8-15)18(21)22/h4-10,20H,1,11H2,2-3H3,(H,21,22). The second kappa shape index (κ2) is 8.01. The van der Waals surface area contributed by atoms with E-state index in [9.17, 15) is 9.59 Å². The molecule has 0 bridgehead atoms. The Hall–Kier alpha value is -3.28. The monoisotopic (exact) mass is 341 g/mol.